The number of sulfonamides is 1. The van der Waals surface area contributed by atoms with Crippen molar-refractivity contribution < 1.29 is 22.3 Å². The van der Waals surface area contributed by atoms with E-state index in [0.717, 1.165) is 6.07 Å². The zero-order valence-electron chi connectivity index (χ0n) is 16.0. The minimum absolute atomic E-state index is 0.0451. The summed E-state index contributed by atoms with van der Waals surface area (Å²) in [6.45, 7) is 0.193. The molecule has 1 amide bonds. The van der Waals surface area contributed by atoms with Crippen molar-refractivity contribution in [2.75, 3.05) is 16.6 Å². The Labute approximate surface area is 182 Å². The highest BCUT2D eigenvalue weighted by Crippen LogP contribution is 2.20. The Morgan fingerprint density at radius 1 is 1.23 bits per heavy atom. The number of nitrogens with one attached hydrogen (secondary N) is 2. The summed E-state index contributed by atoms with van der Waals surface area (Å²) in [5.74, 6) is -0.656. The van der Waals surface area contributed by atoms with E-state index >= 15 is 0 Å². The van der Waals surface area contributed by atoms with Crippen molar-refractivity contribution >= 4 is 38.1 Å². The summed E-state index contributed by atoms with van der Waals surface area (Å²) in [5, 5.41) is 13.3. The fourth-order valence-electron chi connectivity index (χ4n) is 2.49. The largest absolute Gasteiger partial charge is 0.493 e. The Bertz CT molecular complexity index is 1190. The molecule has 0 saturated carbocycles. The first-order valence-corrected chi connectivity index (χ1v) is 11.4. The van der Waals surface area contributed by atoms with Crippen LogP contribution in [-0.4, -0.2) is 25.9 Å². The van der Waals surface area contributed by atoms with E-state index in [4.69, 9.17) is 10.00 Å². The van der Waals surface area contributed by atoms with Crippen LogP contribution in [0.1, 0.15) is 18.4 Å². The first-order valence-electron chi connectivity index (χ1n) is 9.02. The highest BCUT2D eigenvalue weighted by Gasteiger charge is 2.15. The van der Waals surface area contributed by atoms with Crippen LogP contribution in [0.3, 0.4) is 0 Å². The number of halogens is 1. The molecule has 0 atom stereocenters. The van der Waals surface area contributed by atoms with Crippen LogP contribution in [0.5, 0.6) is 5.75 Å². The molecule has 0 aliphatic rings. The number of hydrogen-bond donors (Lipinski definition) is 2. The SMILES string of the molecule is N#Cc1ccc(OCCCC(=O)Nc2ccc(S(=O)(=O)Nc3nccs3)cc2)cc1F. The van der Waals surface area contributed by atoms with E-state index in [2.05, 4.69) is 15.0 Å². The molecular weight excluding hydrogens is 443 g/mol. The summed E-state index contributed by atoms with van der Waals surface area (Å²) in [7, 11) is -3.76. The third-order valence-corrected chi connectivity index (χ3v) is 6.15. The average molecular weight is 461 g/mol. The molecule has 0 spiro atoms. The lowest BCUT2D eigenvalue weighted by Gasteiger charge is -2.09. The van der Waals surface area contributed by atoms with Crippen LogP contribution in [-0.2, 0) is 14.8 Å². The number of amides is 1. The van der Waals surface area contributed by atoms with Crippen molar-refractivity contribution in [1.82, 2.24) is 4.98 Å². The second-order valence-electron chi connectivity index (χ2n) is 6.22. The Morgan fingerprint density at radius 3 is 2.65 bits per heavy atom. The molecule has 2 aromatic carbocycles. The number of thiazole rings is 1. The van der Waals surface area contributed by atoms with Crippen LogP contribution >= 0.6 is 11.3 Å². The molecule has 0 radical (unpaired) electrons. The molecule has 0 aliphatic heterocycles. The number of nitrogens with zero attached hydrogens (tertiary/aromatic N) is 2. The Balaban J connectivity index is 1.45. The van der Waals surface area contributed by atoms with Gasteiger partial charge in [0, 0.05) is 29.8 Å². The minimum atomic E-state index is -3.76. The van der Waals surface area contributed by atoms with Crippen molar-refractivity contribution in [2.45, 2.75) is 17.7 Å². The normalized spacial score (nSPS) is 10.8. The van der Waals surface area contributed by atoms with Crippen molar-refractivity contribution in [1.29, 1.82) is 5.26 Å². The smallest absolute Gasteiger partial charge is 0.263 e. The molecule has 2 N–H and O–H groups in total. The van der Waals surface area contributed by atoms with Gasteiger partial charge in [-0.05, 0) is 42.8 Å². The standard InChI is InChI=1S/C20H17FN4O4S2/c21-18-12-16(6-3-14(18)13-22)29-10-1-2-19(26)24-15-4-7-17(8-5-15)31(27,28)25-20-23-9-11-30-20/h3-9,11-12H,1-2,10H2,(H,23,25)(H,24,26). The lowest BCUT2D eigenvalue weighted by Crippen LogP contribution is -2.14. The molecule has 0 fully saturated rings. The zero-order valence-corrected chi connectivity index (χ0v) is 17.7. The lowest BCUT2D eigenvalue weighted by atomic mass is 10.2. The second kappa shape index (κ2) is 10.0. The molecule has 0 aliphatic carbocycles. The highest BCUT2D eigenvalue weighted by atomic mass is 32.2. The maximum Gasteiger partial charge on any atom is 0.263 e. The summed E-state index contributed by atoms with van der Waals surface area (Å²) in [6.07, 6.45) is 2.04. The van der Waals surface area contributed by atoms with E-state index in [1.54, 1.807) is 11.4 Å². The summed E-state index contributed by atoms with van der Waals surface area (Å²) >= 11 is 1.17. The van der Waals surface area contributed by atoms with Gasteiger partial charge in [-0.25, -0.2) is 17.8 Å². The number of nitriles is 1. The molecule has 31 heavy (non-hydrogen) atoms. The molecule has 11 heteroatoms. The van der Waals surface area contributed by atoms with Gasteiger partial charge in [0.05, 0.1) is 17.1 Å². The monoisotopic (exact) mass is 460 g/mol. The molecule has 160 valence electrons. The molecule has 8 nitrogen and oxygen atoms in total. The van der Waals surface area contributed by atoms with Gasteiger partial charge in [-0.1, -0.05) is 0 Å². The van der Waals surface area contributed by atoms with Gasteiger partial charge in [0.25, 0.3) is 10.0 Å². The number of hydrogen-bond acceptors (Lipinski definition) is 7. The fraction of sp³-hybridized carbons (Fsp3) is 0.150. The van der Waals surface area contributed by atoms with Gasteiger partial charge >= 0.3 is 0 Å². The van der Waals surface area contributed by atoms with E-state index in [1.807, 2.05) is 0 Å². The summed E-state index contributed by atoms with van der Waals surface area (Å²) in [6, 6.07) is 11.4. The molecular formula is C20H17FN4O4S2. The number of benzene rings is 2. The quantitative estimate of drug-likeness (QED) is 0.469. The molecule has 3 rings (SSSR count). The molecule has 3 aromatic rings. The van der Waals surface area contributed by atoms with Crippen molar-refractivity contribution in [3.8, 4) is 11.8 Å². The Kier molecular flexibility index (Phi) is 7.17. The van der Waals surface area contributed by atoms with Gasteiger partial charge in [0.15, 0.2) is 5.13 Å². The van der Waals surface area contributed by atoms with Crippen LogP contribution in [0.2, 0.25) is 0 Å². The van der Waals surface area contributed by atoms with Gasteiger partial charge in [0.1, 0.15) is 17.6 Å². The number of anilines is 2. The number of rotatable bonds is 9. The van der Waals surface area contributed by atoms with Gasteiger partial charge in [-0.2, -0.15) is 5.26 Å². The third-order valence-electron chi connectivity index (χ3n) is 3.98. The van der Waals surface area contributed by atoms with Gasteiger partial charge in [-0.15, -0.1) is 11.3 Å². The first-order chi connectivity index (χ1) is 14.9. The van der Waals surface area contributed by atoms with E-state index in [9.17, 15) is 17.6 Å². The van der Waals surface area contributed by atoms with Crippen LogP contribution in [0.25, 0.3) is 0 Å². The molecule has 0 bridgehead atoms. The Morgan fingerprint density at radius 2 is 2.00 bits per heavy atom. The minimum Gasteiger partial charge on any atom is -0.493 e. The predicted octanol–water partition coefficient (Wildman–Crippen LogP) is 3.75. The number of carbonyl (C=O) groups is 1. The highest BCUT2D eigenvalue weighted by molar-refractivity contribution is 7.93. The summed E-state index contributed by atoms with van der Waals surface area (Å²) in [4.78, 5) is 16.0. The second-order valence-corrected chi connectivity index (χ2v) is 8.80. The number of aromatic nitrogens is 1. The van der Waals surface area contributed by atoms with E-state index in [1.165, 1.54) is 53.9 Å². The van der Waals surface area contributed by atoms with Gasteiger partial charge in [0.2, 0.25) is 5.91 Å². The maximum absolute atomic E-state index is 13.5. The number of ether oxygens (including phenoxy) is 1. The van der Waals surface area contributed by atoms with Gasteiger partial charge < -0.3 is 10.1 Å². The fourth-order valence-corrected chi connectivity index (χ4v) is 4.28. The third kappa shape index (κ3) is 6.24. The van der Waals surface area contributed by atoms with Crippen LogP contribution in [0.15, 0.2) is 58.9 Å². The average Bonchev–Trinajstić information content (AvgIpc) is 3.24. The maximum atomic E-state index is 13.5. The van der Waals surface area contributed by atoms with Crippen molar-refractivity contribution in [3.63, 3.8) is 0 Å². The Hall–Kier alpha value is -3.49. The van der Waals surface area contributed by atoms with Crippen LogP contribution < -0.4 is 14.8 Å². The van der Waals surface area contributed by atoms with Crippen LogP contribution in [0.4, 0.5) is 15.2 Å². The number of carbonyl (C=O) groups excluding carboxylic acids is 1. The molecule has 1 heterocycles. The van der Waals surface area contributed by atoms with E-state index < -0.39 is 15.8 Å². The van der Waals surface area contributed by atoms with Crippen molar-refractivity contribution in [3.05, 3.63) is 65.4 Å². The predicted molar refractivity (Wildman–Crippen MR) is 114 cm³/mol. The van der Waals surface area contributed by atoms with E-state index in [0.29, 0.717) is 12.1 Å². The first kappa shape index (κ1) is 22.2. The zero-order chi connectivity index (χ0) is 22.3. The van der Waals surface area contributed by atoms with Crippen LogP contribution in [0, 0.1) is 17.1 Å². The summed E-state index contributed by atoms with van der Waals surface area (Å²) < 4.78 is 45.9. The molecule has 0 unspecified atom stereocenters. The molecule has 1 aromatic heterocycles. The topological polar surface area (TPSA) is 121 Å². The summed E-state index contributed by atoms with van der Waals surface area (Å²) in [5.41, 5.74) is 0.387. The van der Waals surface area contributed by atoms with Gasteiger partial charge in [-0.3, -0.25) is 9.52 Å². The van der Waals surface area contributed by atoms with E-state index in [-0.39, 0.29) is 40.3 Å². The lowest BCUT2D eigenvalue weighted by molar-refractivity contribution is -0.116. The molecule has 0 saturated heterocycles. The van der Waals surface area contributed by atoms with Crippen molar-refractivity contribution in [2.24, 2.45) is 0 Å².